The zero-order valence-corrected chi connectivity index (χ0v) is 14.5. The summed E-state index contributed by atoms with van der Waals surface area (Å²) in [6.45, 7) is 16.0. The number of nitrogens with two attached hydrogens (primary N) is 1. The Balaban J connectivity index is -0.000000529. The molecule has 20 heavy (non-hydrogen) atoms. The van der Waals surface area contributed by atoms with Crippen molar-refractivity contribution in [1.82, 2.24) is 0 Å². The standard InChI is InChI=1S/C13H20N2.2C2H6.H2O/c1-12(2,13(3,4)15)11(14)10-8-6-5-7-9-10;2*1-2;/h5-9,14H,15H2,1-4H3;2*1-2H3;1H2. The zero-order valence-electron chi connectivity index (χ0n) is 14.5. The Morgan fingerprint density at radius 3 is 1.55 bits per heavy atom. The molecule has 0 radical (unpaired) electrons. The molecule has 0 spiro atoms. The van der Waals surface area contributed by atoms with Crippen molar-refractivity contribution in [3.8, 4) is 0 Å². The van der Waals surface area contributed by atoms with E-state index in [1.54, 1.807) is 0 Å². The van der Waals surface area contributed by atoms with Crippen LogP contribution in [0.2, 0.25) is 0 Å². The average molecular weight is 282 g/mol. The SMILES string of the molecule is CC.CC.CC(C)(N)C(C)(C)C(=N)c1ccccc1.O. The van der Waals surface area contributed by atoms with Gasteiger partial charge in [-0.1, -0.05) is 71.9 Å². The van der Waals surface area contributed by atoms with Crippen molar-refractivity contribution in [2.75, 3.05) is 0 Å². The molecule has 0 aliphatic carbocycles. The van der Waals surface area contributed by atoms with E-state index in [4.69, 9.17) is 11.1 Å². The van der Waals surface area contributed by atoms with Crippen molar-refractivity contribution in [3.05, 3.63) is 35.9 Å². The topological polar surface area (TPSA) is 81.4 Å². The number of rotatable bonds is 3. The van der Waals surface area contributed by atoms with Crippen molar-refractivity contribution in [2.24, 2.45) is 11.1 Å². The van der Waals surface area contributed by atoms with E-state index in [9.17, 15) is 0 Å². The van der Waals surface area contributed by atoms with Gasteiger partial charge < -0.3 is 16.6 Å². The Hall–Kier alpha value is -1.19. The molecule has 0 unspecified atom stereocenters. The van der Waals surface area contributed by atoms with Gasteiger partial charge in [-0.25, -0.2) is 0 Å². The van der Waals surface area contributed by atoms with Crippen LogP contribution in [0.1, 0.15) is 61.0 Å². The lowest BCUT2D eigenvalue weighted by atomic mass is 9.70. The molecule has 0 aromatic heterocycles. The highest BCUT2D eigenvalue weighted by Crippen LogP contribution is 2.32. The molecule has 0 aliphatic heterocycles. The molecule has 3 heteroatoms. The normalized spacial score (nSPS) is 10.1. The average Bonchev–Trinajstić information content (AvgIpc) is 2.42. The molecule has 1 aromatic carbocycles. The van der Waals surface area contributed by atoms with Crippen molar-refractivity contribution in [2.45, 2.75) is 60.9 Å². The summed E-state index contributed by atoms with van der Waals surface area (Å²) in [6, 6.07) is 9.76. The largest absolute Gasteiger partial charge is 0.412 e. The molecule has 0 saturated carbocycles. The van der Waals surface area contributed by atoms with Crippen molar-refractivity contribution < 1.29 is 5.48 Å². The minimum atomic E-state index is -0.403. The Bertz CT molecular complexity index is 351. The summed E-state index contributed by atoms with van der Waals surface area (Å²) in [5.41, 5.74) is 6.91. The maximum Gasteiger partial charge on any atom is 0.0460 e. The van der Waals surface area contributed by atoms with Crippen LogP contribution in [-0.2, 0) is 0 Å². The van der Waals surface area contributed by atoms with Gasteiger partial charge in [-0.3, -0.25) is 0 Å². The van der Waals surface area contributed by atoms with Gasteiger partial charge in [0.25, 0.3) is 0 Å². The second-order valence-electron chi connectivity index (χ2n) is 5.09. The molecule has 3 nitrogen and oxygen atoms in total. The van der Waals surface area contributed by atoms with E-state index in [0.29, 0.717) is 5.71 Å². The smallest absolute Gasteiger partial charge is 0.0460 e. The molecule has 0 fully saturated rings. The van der Waals surface area contributed by atoms with Crippen molar-refractivity contribution in [3.63, 3.8) is 0 Å². The highest BCUT2D eigenvalue weighted by atomic mass is 16.0. The number of hydrogen-bond acceptors (Lipinski definition) is 2. The number of hydrogen-bond donors (Lipinski definition) is 2. The summed E-state index contributed by atoms with van der Waals surface area (Å²) in [4.78, 5) is 0. The molecule has 0 amide bonds. The molecular weight excluding hydrogens is 248 g/mol. The molecule has 0 aliphatic rings. The van der Waals surface area contributed by atoms with E-state index < -0.39 is 5.54 Å². The number of nitrogens with one attached hydrogen (secondary N) is 1. The molecular formula is C17H34N2O. The fourth-order valence-corrected chi connectivity index (χ4v) is 1.29. The zero-order chi connectivity index (χ0) is 15.7. The quantitative estimate of drug-likeness (QED) is 0.806. The van der Waals surface area contributed by atoms with Crippen LogP contribution in [0.3, 0.4) is 0 Å². The fourth-order valence-electron chi connectivity index (χ4n) is 1.29. The lowest BCUT2D eigenvalue weighted by molar-refractivity contribution is 0.298. The van der Waals surface area contributed by atoms with Gasteiger partial charge in [0.15, 0.2) is 0 Å². The summed E-state index contributed by atoms with van der Waals surface area (Å²) in [7, 11) is 0. The van der Waals surface area contributed by atoms with Gasteiger partial charge in [0.2, 0.25) is 0 Å². The van der Waals surface area contributed by atoms with Crippen LogP contribution in [0.5, 0.6) is 0 Å². The maximum atomic E-state index is 8.21. The van der Waals surface area contributed by atoms with Crippen LogP contribution >= 0.6 is 0 Å². The first-order valence-corrected chi connectivity index (χ1v) is 7.20. The molecule has 118 valence electrons. The van der Waals surface area contributed by atoms with Gasteiger partial charge in [-0.05, 0) is 19.4 Å². The minimum Gasteiger partial charge on any atom is -0.412 e. The molecule has 1 aromatic rings. The third kappa shape index (κ3) is 6.31. The van der Waals surface area contributed by atoms with E-state index >= 15 is 0 Å². The highest BCUT2D eigenvalue weighted by molar-refractivity contribution is 6.02. The van der Waals surface area contributed by atoms with Crippen molar-refractivity contribution in [1.29, 1.82) is 5.41 Å². The first kappa shape index (κ1) is 23.9. The summed E-state index contributed by atoms with van der Waals surface area (Å²) in [5, 5.41) is 8.21. The van der Waals surface area contributed by atoms with Crippen LogP contribution in [0, 0.1) is 10.8 Å². The predicted octanol–water partition coefficient (Wildman–Crippen LogP) is 4.05. The number of benzene rings is 1. The first-order chi connectivity index (χ1) is 8.77. The van der Waals surface area contributed by atoms with E-state index in [1.807, 2.05) is 85.7 Å². The van der Waals surface area contributed by atoms with Gasteiger partial charge in [-0.2, -0.15) is 0 Å². The third-order valence-electron chi connectivity index (χ3n) is 3.30. The summed E-state index contributed by atoms with van der Waals surface area (Å²) in [6.07, 6.45) is 0. The Morgan fingerprint density at radius 2 is 1.25 bits per heavy atom. The Morgan fingerprint density at radius 1 is 0.900 bits per heavy atom. The summed E-state index contributed by atoms with van der Waals surface area (Å²) in [5.74, 6) is 0. The van der Waals surface area contributed by atoms with Crippen LogP contribution in [-0.4, -0.2) is 16.7 Å². The Labute approximate surface area is 125 Å². The van der Waals surface area contributed by atoms with Crippen LogP contribution in [0.25, 0.3) is 0 Å². The van der Waals surface area contributed by atoms with Gasteiger partial charge in [0.05, 0.1) is 0 Å². The maximum absolute atomic E-state index is 8.21. The fraction of sp³-hybridized carbons (Fsp3) is 0.588. The molecule has 1 rings (SSSR count). The minimum absolute atomic E-state index is 0. The lowest BCUT2D eigenvalue weighted by Crippen LogP contribution is -2.51. The highest BCUT2D eigenvalue weighted by Gasteiger charge is 2.37. The van der Waals surface area contributed by atoms with Gasteiger partial charge in [-0.15, -0.1) is 0 Å². The molecule has 0 bridgehead atoms. The molecule has 0 heterocycles. The molecule has 0 atom stereocenters. The Kier molecular flexibility index (Phi) is 12.6. The van der Waals surface area contributed by atoms with E-state index in [1.165, 1.54) is 0 Å². The van der Waals surface area contributed by atoms with Gasteiger partial charge in [0.1, 0.15) is 0 Å². The van der Waals surface area contributed by atoms with E-state index in [2.05, 4.69) is 0 Å². The molecule has 5 N–H and O–H groups in total. The lowest BCUT2D eigenvalue weighted by Gasteiger charge is -2.39. The van der Waals surface area contributed by atoms with Crippen LogP contribution in [0.4, 0.5) is 0 Å². The van der Waals surface area contributed by atoms with Gasteiger partial charge in [0, 0.05) is 16.7 Å². The third-order valence-corrected chi connectivity index (χ3v) is 3.30. The molecule has 0 saturated heterocycles. The van der Waals surface area contributed by atoms with E-state index in [-0.39, 0.29) is 10.9 Å². The second-order valence-corrected chi connectivity index (χ2v) is 5.09. The second kappa shape index (κ2) is 10.6. The monoisotopic (exact) mass is 282 g/mol. The van der Waals surface area contributed by atoms with Crippen molar-refractivity contribution >= 4 is 5.71 Å². The first-order valence-electron chi connectivity index (χ1n) is 7.20. The van der Waals surface area contributed by atoms with Gasteiger partial charge >= 0.3 is 0 Å². The van der Waals surface area contributed by atoms with E-state index in [0.717, 1.165) is 5.56 Å². The summed E-state index contributed by atoms with van der Waals surface area (Å²) < 4.78 is 0. The predicted molar refractivity (Wildman–Crippen MR) is 91.6 cm³/mol. The summed E-state index contributed by atoms with van der Waals surface area (Å²) >= 11 is 0. The van der Waals surface area contributed by atoms with Crippen LogP contribution in [0.15, 0.2) is 30.3 Å². The van der Waals surface area contributed by atoms with Crippen LogP contribution < -0.4 is 5.73 Å².